The number of rotatable bonds is 3. The Hall–Kier alpha value is -1.73. The number of pyridine rings is 1. The molecule has 0 unspecified atom stereocenters. The number of nitrogens with zero attached hydrogens (tertiary/aromatic N) is 1. The van der Waals surface area contributed by atoms with Gasteiger partial charge in [0.25, 0.3) is 5.88 Å². The predicted molar refractivity (Wildman–Crippen MR) is 70.9 cm³/mol. The van der Waals surface area contributed by atoms with Crippen LogP contribution < -0.4 is 16.0 Å². The lowest BCUT2D eigenvalue weighted by molar-refractivity contribution is 0.416. The lowest BCUT2D eigenvalue weighted by Gasteiger charge is -2.10. The lowest BCUT2D eigenvalue weighted by Crippen LogP contribution is -2.11. The second kappa shape index (κ2) is 5.50. The summed E-state index contributed by atoms with van der Waals surface area (Å²) < 4.78 is 32.7. The molecule has 0 aliphatic rings. The largest absolute Gasteiger partial charge is 0.435 e. The first-order valence-corrected chi connectivity index (χ1v) is 6.07. The first-order valence-electron chi connectivity index (χ1n) is 5.28. The maximum atomic E-state index is 13.6. The molecule has 0 saturated carbocycles. The predicted octanol–water partition coefficient (Wildman–Crippen LogP) is 3.51. The lowest BCUT2D eigenvalue weighted by atomic mass is 10.2. The third-order valence-corrected chi connectivity index (χ3v) is 2.95. The monoisotopic (exact) mass is 329 g/mol. The normalized spacial score (nSPS) is 10.4. The Morgan fingerprint density at radius 3 is 2.63 bits per heavy atom. The zero-order valence-electron chi connectivity index (χ0n) is 9.88. The number of nitrogens with one attached hydrogen (secondary N) is 1. The summed E-state index contributed by atoms with van der Waals surface area (Å²) in [5.41, 5.74) is 3.04. The van der Waals surface area contributed by atoms with Gasteiger partial charge in [0, 0.05) is 6.07 Å². The van der Waals surface area contributed by atoms with Crippen LogP contribution in [0, 0.1) is 18.6 Å². The van der Waals surface area contributed by atoms with Crippen molar-refractivity contribution >= 4 is 21.7 Å². The number of hydrogen-bond donors (Lipinski definition) is 2. The van der Waals surface area contributed by atoms with Crippen molar-refractivity contribution in [2.45, 2.75) is 6.92 Å². The maximum Gasteiger partial charge on any atom is 0.258 e. The van der Waals surface area contributed by atoms with Gasteiger partial charge < -0.3 is 10.2 Å². The first-order chi connectivity index (χ1) is 9.01. The summed E-state index contributed by atoms with van der Waals surface area (Å²) in [6.45, 7) is 1.90. The van der Waals surface area contributed by atoms with E-state index in [1.54, 1.807) is 18.2 Å². The van der Waals surface area contributed by atoms with Gasteiger partial charge in [-0.05, 0) is 40.5 Å². The summed E-state index contributed by atoms with van der Waals surface area (Å²) in [5, 5.41) is 0. The summed E-state index contributed by atoms with van der Waals surface area (Å²) in [6.07, 6.45) is 0. The molecule has 1 aromatic carbocycles. The number of aryl methyl sites for hydroxylation is 1. The van der Waals surface area contributed by atoms with Crippen molar-refractivity contribution in [3.05, 3.63) is 45.9 Å². The van der Waals surface area contributed by atoms with Gasteiger partial charge in [0.2, 0.25) is 0 Å². The van der Waals surface area contributed by atoms with Gasteiger partial charge in [-0.3, -0.25) is 0 Å². The molecule has 0 spiro atoms. The Balaban J connectivity index is 2.37. The second-order valence-corrected chi connectivity index (χ2v) is 4.64. The minimum atomic E-state index is -0.913. The molecule has 0 aliphatic heterocycles. The van der Waals surface area contributed by atoms with E-state index in [-0.39, 0.29) is 11.7 Å². The molecule has 19 heavy (non-hydrogen) atoms. The van der Waals surface area contributed by atoms with Gasteiger partial charge in [-0.15, -0.1) is 0 Å². The Labute approximate surface area is 116 Å². The molecule has 2 aromatic rings. The van der Waals surface area contributed by atoms with Crippen LogP contribution in [0.25, 0.3) is 0 Å². The molecule has 0 aliphatic carbocycles. The van der Waals surface area contributed by atoms with Gasteiger partial charge in [0.15, 0.2) is 17.5 Å². The van der Waals surface area contributed by atoms with Crippen LogP contribution in [-0.4, -0.2) is 4.98 Å². The maximum absolute atomic E-state index is 13.6. The molecule has 0 fully saturated rings. The highest BCUT2D eigenvalue weighted by Crippen LogP contribution is 2.31. The molecule has 3 N–H and O–H groups in total. The number of anilines is 1. The molecule has 0 radical (unpaired) electrons. The summed E-state index contributed by atoms with van der Waals surface area (Å²) in [6, 6.07) is 5.90. The van der Waals surface area contributed by atoms with E-state index >= 15 is 0 Å². The summed E-state index contributed by atoms with van der Waals surface area (Å²) in [5.74, 6) is 2.98. The van der Waals surface area contributed by atoms with E-state index in [1.807, 2.05) is 12.3 Å². The molecule has 2 rings (SSSR count). The van der Waals surface area contributed by atoms with Crippen molar-refractivity contribution in [3.63, 3.8) is 0 Å². The zero-order valence-corrected chi connectivity index (χ0v) is 11.5. The highest BCUT2D eigenvalue weighted by Gasteiger charge is 2.14. The molecule has 1 aromatic heterocycles. The van der Waals surface area contributed by atoms with E-state index in [0.29, 0.717) is 16.3 Å². The van der Waals surface area contributed by atoms with Crippen molar-refractivity contribution < 1.29 is 13.5 Å². The standard InChI is InChI=1S/C12H10BrF2N3O/c1-6-2-3-10(7(13)4-6)19-12-9(15)5-8(14)11(17-12)18-16/h2-5H,16H2,1H3,(H,17,18). The van der Waals surface area contributed by atoms with Crippen molar-refractivity contribution in [1.82, 2.24) is 4.98 Å². The Bertz CT molecular complexity index is 622. The van der Waals surface area contributed by atoms with E-state index in [9.17, 15) is 8.78 Å². The Morgan fingerprint density at radius 2 is 2.00 bits per heavy atom. The van der Waals surface area contributed by atoms with E-state index in [2.05, 4.69) is 20.9 Å². The van der Waals surface area contributed by atoms with Crippen LogP contribution in [0.4, 0.5) is 14.6 Å². The molecular weight excluding hydrogens is 320 g/mol. The topological polar surface area (TPSA) is 60.2 Å². The second-order valence-electron chi connectivity index (χ2n) is 3.79. The fraction of sp³-hybridized carbons (Fsp3) is 0.0833. The number of benzene rings is 1. The fourth-order valence-electron chi connectivity index (χ4n) is 1.42. The molecule has 0 bridgehead atoms. The average Bonchev–Trinajstić information content (AvgIpc) is 2.35. The molecular formula is C12H10BrF2N3O. The summed E-state index contributed by atoms with van der Waals surface area (Å²) in [7, 11) is 0. The van der Waals surface area contributed by atoms with Crippen molar-refractivity contribution in [2.24, 2.45) is 5.84 Å². The molecule has 0 saturated heterocycles. The summed E-state index contributed by atoms with van der Waals surface area (Å²) >= 11 is 3.29. The number of ether oxygens (including phenoxy) is 1. The number of hydrazine groups is 1. The third kappa shape index (κ3) is 2.99. The Kier molecular flexibility index (Phi) is 3.96. The molecule has 4 nitrogen and oxygen atoms in total. The van der Waals surface area contributed by atoms with E-state index in [4.69, 9.17) is 10.6 Å². The van der Waals surface area contributed by atoms with Gasteiger partial charge in [0.05, 0.1) is 4.47 Å². The number of aromatic nitrogens is 1. The van der Waals surface area contributed by atoms with E-state index in [1.165, 1.54) is 0 Å². The van der Waals surface area contributed by atoms with E-state index in [0.717, 1.165) is 5.56 Å². The van der Waals surface area contributed by atoms with Crippen LogP contribution >= 0.6 is 15.9 Å². The number of halogens is 3. The van der Waals surface area contributed by atoms with Crippen LogP contribution in [0.5, 0.6) is 11.6 Å². The average molecular weight is 330 g/mol. The highest BCUT2D eigenvalue weighted by molar-refractivity contribution is 9.10. The SMILES string of the molecule is Cc1ccc(Oc2nc(NN)c(F)cc2F)c(Br)c1. The minimum Gasteiger partial charge on any atom is -0.435 e. The third-order valence-electron chi connectivity index (χ3n) is 2.33. The van der Waals surface area contributed by atoms with Crippen LogP contribution in [0.2, 0.25) is 0 Å². The molecule has 7 heteroatoms. The van der Waals surface area contributed by atoms with Gasteiger partial charge in [0.1, 0.15) is 5.75 Å². The molecule has 100 valence electrons. The van der Waals surface area contributed by atoms with Gasteiger partial charge in [-0.25, -0.2) is 14.6 Å². The zero-order chi connectivity index (χ0) is 14.0. The fourth-order valence-corrected chi connectivity index (χ4v) is 1.99. The minimum absolute atomic E-state index is 0.292. The number of hydrogen-bond acceptors (Lipinski definition) is 4. The Morgan fingerprint density at radius 1 is 1.26 bits per heavy atom. The summed E-state index contributed by atoms with van der Waals surface area (Å²) in [4.78, 5) is 3.62. The van der Waals surface area contributed by atoms with Gasteiger partial charge in [-0.1, -0.05) is 6.07 Å². The van der Waals surface area contributed by atoms with Gasteiger partial charge in [-0.2, -0.15) is 4.98 Å². The van der Waals surface area contributed by atoms with Crippen molar-refractivity contribution in [1.29, 1.82) is 0 Å². The molecule has 1 heterocycles. The van der Waals surface area contributed by atoms with Crippen LogP contribution in [-0.2, 0) is 0 Å². The van der Waals surface area contributed by atoms with Crippen LogP contribution in [0.1, 0.15) is 5.56 Å². The number of nitrogen functional groups attached to an aromatic ring is 1. The first kappa shape index (κ1) is 13.7. The van der Waals surface area contributed by atoms with Crippen LogP contribution in [0.3, 0.4) is 0 Å². The highest BCUT2D eigenvalue weighted by atomic mass is 79.9. The van der Waals surface area contributed by atoms with Crippen molar-refractivity contribution in [2.75, 3.05) is 5.43 Å². The smallest absolute Gasteiger partial charge is 0.258 e. The molecule has 0 atom stereocenters. The quantitative estimate of drug-likeness (QED) is 0.668. The van der Waals surface area contributed by atoms with Crippen LogP contribution in [0.15, 0.2) is 28.7 Å². The van der Waals surface area contributed by atoms with Gasteiger partial charge >= 0.3 is 0 Å². The molecule has 0 amide bonds. The van der Waals surface area contributed by atoms with E-state index < -0.39 is 11.6 Å². The van der Waals surface area contributed by atoms with Crippen molar-refractivity contribution in [3.8, 4) is 11.6 Å². The number of nitrogens with two attached hydrogens (primary N) is 1.